The third-order valence-electron chi connectivity index (χ3n) is 3.91. The molecule has 1 aliphatic rings. The zero-order chi connectivity index (χ0) is 22.5. The van der Waals surface area contributed by atoms with Crippen molar-refractivity contribution in [3.8, 4) is 5.75 Å². The zero-order valence-corrected chi connectivity index (χ0v) is 18.9. The number of ether oxygens (including phenoxy) is 1. The first-order valence-electron chi connectivity index (χ1n) is 8.68. The molecule has 0 saturated carbocycles. The third-order valence-corrected chi connectivity index (χ3v) is 5.78. The van der Waals surface area contributed by atoms with E-state index in [1.54, 1.807) is 18.2 Å². The van der Waals surface area contributed by atoms with Crippen LogP contribution in [-0.2, 0) is 14.4 Å². The Balaban J connectivity index is 1.73. The number of thioether (sulfide) groups is 1. The van der Waals surface area contributed by atoms with E-state index in [4.69, 9.17) is 22.1 Å². The summed E-state index contributed by atoms with van der Waals surface area (Å²) in [4.78, 5) is 36.8. The normalized spacial score (nSPS) is 14.8. The van der Waals surface area contributed by atoms with Crippen molar-refractivity contribution >= 4 is 73.8 Å². The first-order valence-corrected chi connectivity index (χ1v) is 10.7. The number of carboxylic acids is 1. The van der Waals surface area contributed by atoms with Gasteiger partial charge in [-0.1, -0.05) is 39.9 Å². The number of benzene rings is 2. The Bertz CT molecular complexity index is 1090. The summed E-state index contributed by atoms with van der Waals surface area (Å²) in [6.07, 6.45) is 1.53. The van der Waals surface area contributed by atoms with Gasteiger partial charge in [0.25, 0.3) is 11.8 Å². The lowest BCUT2D eigenvalue weighted by atomic mass is 10.2. The molecule has 0 spiro atoms. The van der Waals surface area contributed by atoms with Gasteiger partial charge in [-0.3, -0.25) is 19.3 Å². The van der Waals surface area contributed by atoms with E-state index in [0.29, 0.717) is 21.5 Å². The van der Waals surface area contributed by atoms with E-state index in [-0.39, 0.29) is 15.8 Å². The predicted octanol–water partition coefficient (Wildman–Crippen LogP) is 3.89. The van der Waals surface area contributed by atoms with E-state index in [9.17, 15) is 18.8 Å². The van der Waals surface area contributed by atoms with Crippen LogP contribution in [0.25, 0.3) is 6.08 Å². The molecule has 1 heterocycles. The van der Waals surface area contributed by atoms with Crippen LogP contribution in [0.1, 0.15) is 5.56 Å². The quantitative estimate of drug-likeness (QED) is 0.419. The molecule has 1 saturated heterocycles. The highest BCUT2D eigenvalue weighted by molar-refractivity contribution is 9.10. The number of aliphatic carboxylic acids is 1. The largest absolute Gasteiger partial charge is 0.483 e. The van der Waals surface area contributed by atoms with Gasteiger partial charge in [0.15, 0.2) is 6.61 Å². The third kappa shape index (κ3) is 6.12. The lowest BCUT2D eigenvalue weighted by molar-refractivity contribution is -0.140. The molecule has 3 rings (SSSR count). The second-order valence-electron chi connectivity index (χ2n) is 6.19. The van der Waals surface area contributed by atoms with Crippen LogP contribution in [0, 0.1) is 5.82 Å². The maximum Gasteiger partial charge on any atom is 0.323 e. The molecule has 2 aromatic carbocycles. The lowest BCUT2D eigenvalue weighted by Gasteiger charge is -2.11. The average Bonchev–Trinajstić information content (AvgIpc) is 2.96. The number of amides is 2. The molecule has 0 atom stereocenters. The molecule has 160 valence electrons. The van der Waals surface area contributed by atoms with Crippen LogP contribution < -0.4 is 10.1 Å². The summed E-state index contributed by atoms with van der Waals surface area (Å²) in [6, 6.07) is 10.3. The number of hydrogen-bond acceptors (Lipinski definition) is 6. The standard InChI is InChI=1S/C20H14BrFN2O5S2/c21-12-1-6-15(29-10-17(25)23-14-4-2-13(22)3-5-14)11(7-12)8-16-19(28)24(9-18(26)27)20(30)31-16/h1-8H,9-10H2,(H,23,25)(H,26,27)/b16-8-. The van der Waals surface area contributed by atoms with Crippen LogP contribution >= 0.6 is 39.9 Å². The van der Waals surface area contributed by atoms with Crippen molar-refractivity contribution in [1.29, 1.82) is 0 Å². The number of carbonyl (C=O) groups is 3. The molecule has 7 nitrogen and oxygen atoms in total. The maximum absolute atomic E-state index is 13.0. The van der Waals surface area contributed by atoms with Gasteiger partial charge < -0.3 is 15.2 Å². The van der Waals surface area contributed by atoms with Gasteiger partial charge in [-0.2, -0.15) is 0 Å². The Hall–Kier alpha value is -2.76. The average molecular weight is 525 g/mol. The maximum atomic E-state index is 13.0. The number of carboxylic acid groups (broad SMARTS) is 1. The summed E-state index contributed by atoms with van der Waals surface area (Å²) in [6.45, 7) is -0.840. The van der Waals surface area contributed by atoms with Crippen molar-refractivity contribution < 1.29 is 28.6 Å². The van der Waals surface area contributed by atoms with Crippen LogP contribution in [0.5, 0.6) is 5.75 Å². The number of nitrogens with zero attached hydrogens (tertiary/aromatic N) is 1. The summed E-state index contributed by atoms with van der Waals surface area (Å²) < 4.78 is 19.4. The van der Waals surface area contributed by atoms with Crippen LogP contribution in [0.15, 0.2) is 51.8 Å². The molecular weight excluding hydrogens is 511 g/mol. The Labute approximate surface area is 194 Å². The van der Waals surface area contributed by atoms with E-state index in [1.165, 1.54) is 30.3 Å². The van der Waals surface area contributed by atoms with Gasteiger partial charge in [0, 0.05) is 15.7 Å². The van der Waals surface area contributed by atoms with Crippen LogP contribution in [0.4, 0.5) is 10.1 Å². The van der Waals surface area contributed by atoms with Gasteiger partial charge in [-0.25, -0.2) is 4.39 Å². The molecular formula is C20H14BrFN2O5S2. The molecule has 11 heteroatoms. The highest BCUT2D eigenvalue weighted by Gasteiger charge is 2.33. The Morgan fingerprint density at radius 2 is 1.97 bits per heavy atom. The molecule has 0 unspecified atom stereocenters. The minimum absolute atomic E-state index is 0.148. The molecule has 1 fully saturated rings. The fourth-order valence-electron chi connectivity index (χ4n) is 2.55. The van der Waals surface area contributed by atoms with Crippen molar-refractivity contribution in [3.63, 3.8) is 0 Å². The minimum atomic E-state index is -1.17. The van der Waals surface area contributed by atoms with Crippen LogP contribution in [0.3, 0.4) is 0 Å². The molecule has 2 amide bonds. The number of hydrogen-bond donors (Lipinski definition) is 2. The number of rotatable bonds is 7. The number of thiocarbonyl (C=S) groups is 1. The number of carbonyl (C=O) groups excluding carboxylic acids is 2. The van der Waals surface area contributed by atoms with Crippen LogP contribution in [-0.4, -0.2) is 45.3 Å². The van der Waals surface area contributed by atoms with Crippen molar-refractivity contribution in [1.82, 2.24) is 4.90 Å². The SMILES string of the molecule is O=C(O)CN1C(=O)/C(=C/c2cc(Br)ccc2OCC(=O)Nc2ccc(F)cc2)SC1=S. The van der Waals surface area contributed by atoms with Crippen LogP contribution in [0.2, 0.25) is 0 Å². The molecule has 31 heavy (non-hydrogen) atoms. The van der Waals surface area contributed by atoms with Crippen molar-refractivity contribution in [2.75, 3.05) is 18.5 Å². The first kappa shape index (κ1) is 22.9. The van der Waals surface area contributed by atoms with Crippen molar-refractivity contribution in [2.45, 2.75) is 0 Å². The molecule has 0 bridgehead atoms. The number of anilines is 1. The lowest BCUT2D eigenvalue weighted by Crippen LogP contribution is -2.33. The van der Waals surface area contributed by atoms with Gasteiger partial charge in [0.2, 0.25) is 0 Å². The highest BCUT2D eigenvalue weighted by atomic mass is 79.9. The zero-order valence-electron chi connectivity index (χ0n) is 15.6. The summed E-state index contributed by atoms with van der Waals surface area (Å²) in [7, 11) is 0. The van der Waals surface area contributed by atoms with Crippen molar-refractivity contribution in [3.05, 3.63) is 63.2 Å². The smallest absolute Gasteiger partial charge is 0.323 e. The van der Waals surface area contributed by atoms with Gasteiger partial charge in [0.1, 0.15) is 22.4 Å². The van der Waals surface area contributed by atoms with E-state index in [0.717, 1.165) is 16.7 Å². The van der Waals surface area contributed by atoms with Gasteiger partial charge in [-0.15, -0.1) is 0 Å². The molecule has 1 aliphatic heterocycles. The van der Waals surface area contributed by atoms with Gasteiger partial charge in [-0.05, 0) is 48.5 Å². The van der Waals surface area contributed by atoms with E-state index in [1.807, 2.05) is 0 Å². The Morgan fingerprint density at radius 1 is 1.26 bits per heavy atom. The second kappa shape index (κ2) is 10.0. The Kier molecular flexibility index (Phi) is 7.42. The van der Waals surface area contributed by atoms with E-state index < -0.39 is 30.1 Å². The van der Waals surface area contributed by atoms with E-state index in [2.05, 4.69) is 21.2 Å². The fourth-order valence-corrected chi connectivity index (χ4v) is 4.17. The fraction of sp³-hybridized carbons (Fsp3) is 0.100. The monoisotopic (exact) mass is 524 g/mol. The topological polar surface area (TPSA) is 95.9 Å². The molecule has 0 radical (unpaired) electrons. The molecule has 0 aliphatic carbocycles. The Morgan fingerprint density at radius 3 is 2.65 bits per heavy atom. The second-order valence-corrected chi connectivity index (χ2v) is 8.78. The highest BCUT2D eigenvalue weighted by Crippen LogP contribution is 2.35. The summed E-state index contributed by atoms with van der Waals surface area (Å²) >= 11 is 9.42. The molecule has 2 aromatic rings. The minimum Gasteiger partial charge on any atom is -0.483 e. The molecule has 0 aromatic heterocycles. The molecule has 2 N–H and O–H groups in total. The van der Waals surface area contributed by atoms with Gasteiger partial charge >= 0.3 is 5.97 Å². The summed E-state index contributed by atoms with van der Waals surface area (Å²) in [5.74, 6) is -2.22. The predicted molar refractivity (Wildman–Crippen MR) is 122 cm³/mol. The van der Waals surface area contributed by atoms with Crippen molar-refractivity contribution in [2.24, 2.45) is 0 Å². The summed E-state index contributed by atoms with van der Waals surface area (Å²) in [5, 5.41) is 11.5. The van der Waals surface area contributed by atoms with E-state index >= 15 is 0 Å². The number of nitrogens with one attached hydrogen (secondary N) is 1. The van der Waals surface area contributed by atoms with Gasteiger partial charge in [0.05, 0.1) is 4.91 Å². The number of halogens is 2. The first-order chi connectivity index (χ1) is 14.7. The summed E-state index contributed by atoms with van der Waals surface area (Å²) in [5.41, 5.74) is 0.924.